The van der Waals surface area contributed by atoms with Gasteiger partial charge in [0.1, 0.15) is 36.8 Å². The van der Waals surface area contributed by atoms with Gasteiger partial charge in [0.15, 0.2) is 12.4 Å². The second kappa shape index (κ2) is 35.1. The highest BCUT2D eigenvalue weighted by molar-refractivity contribution is 7.85. The third kappa shape index (κ3) is 29.5. The van der Waals surface area contributed by atoms with Crippen LogP contribution in [0.2, 0.25) is 0 Å². The molecule has 1 rings (SSSR count). The lowest BCUT2D eigenvalue weighted by molar-refractivity contribution is -0.297. The molecule has 6 atom stereocenters. The Labute approximate surface area is 349 Å². The monoisotopic (exact) mass is 841 g/mol. The summed E-state index contributed by atoms with van der Waals surface area (Å²) in [5.74, 6) is -2.05. The van der Waals surface area contributed by atoms with Gasteiger partial charge in [-0.05, 0) is 70.6 Å². The SMILES string of the molecule is CC/C=C/C/C=C/C/C=C/C/C=C/CCCCC(=O)OC[C@H](CO[C@H]1O[C@H](CS(=O)(=O)O)[C@@H](O)C(O)C1O)OC(=O)CCCCCCCCCCC/C=C/CCCC. The molecule has 334 valence electrons. The van der Waals surface area contributed by atoms with E-state index in [-0.39, 0.29) is 19.4 Å². The first-order valence-corrected chi connectivity index (χ1v) is 23.5. The molecule has 1 aliphatic heterocycles. The van der Waals surface area contributed by atoms with E-state index >= 15 is 0 Å². The summed E-state index contributed by atoms with van der Waals surface area (Å²) >= 11 is 0. The molecule has 0 aromatic heterocycles. The van der Waals surface area contributed by atoms with Crippen LogP contribution in [0.3, 0.4) is 0 Å². The fourth-order valence-corrected chi connectivity index (χ4v) is 6.87. The second-order valence-electron chi connectivity index (χ2n) is 15.0. The number of unbranched alkanes of at least 4 members (excludes halogenated alkanes) is 13. The number of hydrogen-bond acceptors (Lipinski definition) is 11. The fourth-order valence-electron chi connectivity index (χ4n) is 6.18. The zero-order chi connectivity index (χ0) is 42.7. The standard InChI is InChI=1S/C45H76O12S/c1-3-5-7-9-11-13-15-17-19-21-23-25-27-29-31-33-40(46)54-35-38(36-55-45-44(50)43(49)42(48)39(57-45)37-58(51,52)53)56-41(47)34-32-30-28-26-24-22-20-18-16-14-12-10-8-6-4-2/h5,7,10-13,17,19,23,25,38-39,42-45,48-50H,3-4,6,8-9,14-16,18,20-22,24,26-37H2,1-2H3,(H,51,52,53)/b7-5+,12-10+,13-11+,19-17+,25-23+/t38-,39-,42-,43?,44?,45+/m1/s1. The third-order valence-electron chi connectivity index (χ3n) is 9.58. The van der Waals surface area contributed by atoms with Gasteiger partial charge in [-0.1, -0.05) is 132 Å². The molecule has 1 heterocycles. The van der Waals surface area contributed by atoms with Crippen molar-refractivity contribution in [1.82, 2.24) is 0 Å². The number of ether oxygens (including phenoxy) is 4. The van der Waals surface area contributed by atoms with Crippen LogP contribution < -0.4 is 0 Å². The molecule has 0 radical (unpaired) electrons. The number of hydrogen-bond donors (Lipinski definition) is 4. The van der Waals surface area contributed by atoms with Crippen molar-refractivity contribution < 1.29 is 56.8 Å². The van der Waals surface area contributed by atoms with E-state index in [1.807, 2.05) is 0 Å². The predicted octanol–water partition coefficient (Wildman–Crippen LogP) is 8.56. The van der Waals surface area contributed by atoms with Crippen molar-refractivity contribution in [3.63, 3.8) is 0 Å². The van der Waals surface area contributed by atoms with E-state index in [0.29, 0.717) is 12.8 Å². The van der Waals surface area contributed by atoms with Crippen molar-refractivity contribution in [3.05, 3.63) is 60.8 Å². The average molecular weight is 841 g/mol. The lowest BCUT2D eigenvalue weighted by atomic mass is 10.00. The van der Waals surface area contributed by atoms with E-state index in [9.17, 15) is 37.9 Å². The number of aliphatic hydroxyl groups is 3. The van der Waals surface area contributed by atoms with Crippen molar-refractivity contribution in [3.8, 4) is 0 Å². The molecule has 0 spiro atoms. The summed E-state index contributed by atoms with van der Waals surface area (Å²) in [6, 6.07) is 0. The van der Waals surface area contributed by atoms with Crippen molar-refractivity contribution in [2.75, 3.05) is 19.0 Å². The molecule has 0 aromatic rings. The first-order chi connectivity index (χ1) is 28.0. The topological polar surface area (TPSA) is 186 Å². The quantitative estimate of drug-likeness (QED) is 0.0207. The van der Waals surface area contributed by atoms with E-state index in [1.54, 1.807) is 0 Å². The van der Waals surface area contributed by atoms with Crippen LogP contribution in [-0.4, -0.2) is 96.0 Å². The zero-order valence-corrected chi connectivity index (χ0v) is 36.2. The lowest BCUT2D eigenvalue weighted by Gasteiger charge is -2.40. The molecule has 0 amide bonds. The second-order valence-corrected chi connectivity index (χ2v) is 16.5. The summed E-state index contributed by atoms with van der Waals surface area (Å²) in [4.78, 5) is 25.4. The normalized spacial score (nSPS) is 21.0. The van der Waals surface area contributed by atoms with Gasteiger partial charge >= 0.3 is 11.9 Å². The van der Waals surface area contributed by atoms with Gasteiger partial charge in [0.05, 0.1) is 6.61 Å². The molecule has 2 unspecified atom stereocenters. The minimum atomic E-state index is -4.61. The van der Waals surface area contributed by atoms with Gasteiger partial charge in [0.2, 0.25) is 0 Å². The highest BCUT2D eigenvalue weighted by Gasteiger charge is 2.46. The van der Waals surface area contributed by atoms with E-state index in [4.69, 9.17) is 18.9 Å². The molecule has 1 fully saturated rings. The molecule has 1 aliphatic rings. The number of esters is 2. The first kappa shape index (κ1) is 53.4. The van der Waals surface area contributed by atoms with Gasteiger partial charge in [-0.25, -0.2) is 0 Å². The summed E-state index contributed by atoms with van der Waals surface area (Å²) in [6.45, 7) is 3.56. The Balaban J connectivity index is 2.50. The van der Waals surface area contributed by atoms with Crippen LogP contribution in [0.15, 0.2) is 60.8 Å². The van der Waals surface area contributed by atoms with Gasteiger partial charge in [-0.15, -0.1) is 0 Å². The number of carbonyl (C=O) groups is 2. The van der Waals surface area contributed by atoms with Crippen molar-refractivity contribution in [2.24, 2.45) is 0 Å². The maximum Gasteiger partial charge on any atom is 0.306 e. The highest BCUT2D eigenvalue weighted by atomic mass is 32.2. The van der Waals surface area contributed by atoms with Gasteiger partial charge in [-0.3, -0.25) is 14.1 Å². The molecule has 0 saturated carbocycles. The maximum atomic E-state index is 12.8. The number of rotatable bonds is 35. The third-order valence-corrected chi connectivity index (χ3v) is 10.3. The van der Waals surface area contributed by atoms with Crippen LogP contribution in [0.1, 0.15) is 155 Å². The van der Waals surface area contributed by atoms with Gasteiger partial charge < -0.3 is 34.3 Å². The van der Waals surface area contributed by atoms with Gasteiger partial charge in [0.25, 0.3) is 10.1 Å². The van der Waals surface area contributed by atoms with Crippen LogP contribution in [0.25, 0.3) is 0 Å². The Bertz CT molecular complexity index is 1310. The Morgan fingerprint density at radius 2 is 1.09 bits per heavy atom. The molecule has 4 N–H and O–H groups in total. The van der Waals surface area contributed by atoms with Gasteiger partial charge in [-0.2, -0.15) is 8.42 Å². The van der Waals surface area contributed by atoms with E-state index in [2.05, 4.69) is 74.6 Å². The Hall–Kier alpha value is -2.65. The molecule has 12 nitrogen and oxygen atoms in total. The highest BCUT2D eigenvalue weighted by Crippen LogP contribution is 2.24. The van der Waals surface area contributed by atoms with Crippen LogP contribution in [0.4, 0.5) is 0 Å². The summed E-state index contributed by atoms with van der Waals surface area (Å²) in [6.07, 6.45) is 32.7. The Morgan fingerprint density at radius 3 is 1.67 bits per heavy atom. The minimum Gasteiger partial charge on any atom is -0.462 e. The molecule has 13 heteroatoms. The van der Waals surface area contributed by atoms with E-state index in [0.717, 1.165) is 70.6 Å². The van der Waals surface area contributed by atoms with E-state index in [1.165, 1.54) is 44.9 Å². The zero-order valence-electron chi connectivity index (χ0n) is 35.4. The smallest absolute Gasteiger partial charge is 0.306 e. The van der Waals surface area contributed by atoms with Crippen molar-refractivity contribution in [1.29, 1.82) is 0 Å². The summed E-state index contributed by atoms with van der Waals surface area (Å²) in [5, 5.41) is 30.8. The predicted molar refractivity (Wildman–Crippen MR) is 229 cm³/mol. The number of aliphatic hydroxyl groups excluding tert-OH is 3. The summed E-state index contributed by atoms with van der Waals surface area (Å²) in [5.41, 5.74) is 0. The molecule has 1 saturated heterocycles. The molecule has 0 aliphatic carbocycles. The molecule has 58 heavy (non-hydrogen) atoms. The van der Waals surface area contributed by atoms with Crippen LogP contribution >= 0.6 is 0 Å². The van der Waals surface area contributed by atoms with Crippen LogP contribution in [0.5, 0.6) is 0 Å². The minimum absolute atomic E-state index is 0.150. The summed E-state index contributed by atoms with van der Waals surface area (Å²) < 4.78 is 54.0. The molecular weight excluding hydrogens is 765 g/mol. The molecular formula is C45H76O12S. The van der Waals surface area contributed by atoms with Crippen molar-refractivity contribution >= 4 is 22.1 Å². The van der Waals surface area contributed by atoms with E-state index < -0.39 is 71.2 Å². The lowest BCUT2D eigenvalue weighted by Crippen LogP contribution is -2.60. The fraction of sp³-hybridized carbons (Fsp3) is 0.733. The van der Waals surface area contributed by atoms with Crippen molar-refractivity contribution in [2.45, 2.75) is 192 Å². The Morgan fingerprint density at radius 1 is 0.603 bits per heavy atom. The van der Waals surface area contributed by atoms with Gasteiger partial charge in [0, 0.05) is 12.8 Å². The largest absolute Gasteiger partial charge is 0.462 e. The maximum absolute atomic E-state index is 12.8. The van der Waals surface area contributed by atoms with Crippen LogP contribution in [0, 0.1) is 0 Å². The summed E-state index contributed by atoms with van der Waals surface area (Å²) in [7, 11) is -4.61. The number of carbonyl (C=O) groups excluding carboxylic acids is 2. The van der Waals surface area contributed by atoms with Crippen LogP contribution in [-0.2, 0) is 38.7 Å². The molecule has 0 aromatic carbocycles. The molecule has 0 bridgehead atoms. The Kier molecular flexibility index (Phi) is 32.3. The number of allylic oxidation sites excluding steroid dienone is 10. The average Bonchev–Trinajstić information content (AvgIpc) is 3.18. The first-order valence-electron chi connectivity index (χ1n) is 21.8.